The Morgan fingerprint density at radius 1 is 1.10 bits per heavy atom. The zero-order valence-electron chi connectivity index (χ0n) is 18.3. The number of hydrogen-bond acceptors (Lipinski definition) is 6. The summed E-state index contributed by atoms with van der Waals surface area (Å²) in [4.78, 5) is 16.0. The van der Waals surface area contributed by atoms with Crippen LogP contribution in [0.3, 0.4) is 0 Å². The molecule has 1 fully saturated rings. The van der Waals surface area contributed by atoms with E-state index in [1.165, 1.54) is 0 Å². The second-order valence-electron chi connectivity index (χ2n) is 8.34. The van der Waals surface area contributed by atoms with Crippen molar-refractivity contribution in [3.05, 3.63) is 22.3 Å². The molecule has 9 heteroatoms. The topological polar surface area (TPSA) is 76.2 Å². The Hall–Kier alpha value is -2.47. The van der Waals surface area contributed by atoms with E-state index in [1.807, 2.05) is 32.6 Å². The molecule has 0 aliphatic carbocycles. The summed E-state index contributed by atoms with van der Waals surface area (Å²) in [5, 5.41) is 0. The maximum atomic E-state index is 13.3. The van der Waals surface area contributed by atoms with E-state index in [-0.39, 0.29) is 18.3 Å². The molecule has 1 aromatic carbocycles. The number of nitrogens with zero attached hydrogens (tertiary/aromatic N) is 2. The fourth-order valence-corrected chi connectivity index (χ4v) is 4.19. The van der Waals surface area contributed by atoms with Crippen LogP contribution in [0.15, 0.2) is 0 Å². The predicted octanol–water partition coefficient (Wildman–Crippen LogP) is 3.44. The molecule has 1 aliphatic rings. The van der Waals surface area contributed by atoms with Gasteiger partial charge in [0, 0.05) is 43.9 Å². The summed E-state index contributed by atoms with van der Waals surface area (Å²) in [6.07, 6.45) is 5.37. The lowest BCUT2D eigenvalue weighted by atomic mass is 9.93. The molecule has 0 atom stereocenters. The standard InChI is InChI=1S/C21H29FN2O5S/c1-8-9-17-14(2)18(16(4)19(15(17)3)29-30(22,26)27)23-10-12-24(13-11-23)20(25)28-21(5,6)7/h1H,9-13H2,2-7H3. The van der Waals surface area contributed by atoms with Crippen LogP contribution in [0, 0.1) is 33.1 Å². The smallest absolute Gasteiger partial charge is 0.444 e. The number of amides is 1. The number of carbonyl (C=O) groups excluding carboxylic acids is 1. The van der Waals surface area contributed by atoms with Crippen molar-refractivity contribution in [3.63, 3.8) is 0 Å². The van der Waals surface area contributed by atoms with Crippen molar-refractivity contribution in [3.8, 4) is 18.1 Å². The molecule has 1 heterocycles. The van der Waals surface area contributed by atoms with Gasteiger partial charge in [-0.3, -0.25) is 0 Å². The number of benzene rings is 1. The largest absolute Gasteiger partial charge is 0.488 e. The van der Waals surface area contributed by atoms with Gasteiger partial charge in [-0.15, -0.1) is 12.3 Å². The van der Waals surface area contributed by atoms with Crippen molar-refractivity contribution < 1.29 is 26.0 Å². The molecule has 0 bridgehead atoms. The minimum Gasteiger partial charge on any atom is -0.444 e. The normalized spacial score (nSPS) is 15.0. The highest BCUT2D eigenvalue weighted by atomic mass is 32.3. The van der Waals surface area contributed by atoms with Crippen molar-refractivity contribution >= 4 is 22.3 Å². The van der Waals surface area contributed by atoms with Crippen LogP contribution in [0.5, 0.6) is 5.75 Å². The molecule has 1 aliphatic heterocycles. The Morgan fingerprint density at radius 2 is 1.67 bits per heavy atom. The van der Waals surface area contributed by atoms with Gasteiger partial charge in [0.1, 0.15) is 5.60 Å². The Kier molecular flexibility index (Phi) is 6.92. The molecule has 0 spiro atoms. The number of anilines is 1. The summed E-state index contributed by atoms with van der Waals surface area (Å²) in [7, 11) is -5.19. The second-order valence-corrected chi connectivity index (χ2v) is 9.30. The van der Waals surface area contributed by atoms with Crippen LogP contribution in [-0.2, 0) is 21.7 Å². The lowest BCUT2D eigenvalue weighted by molar-refractivity contribution is 0.0240. The number of ether oxygens (including phenoxy) is 1. The highest BCUT2D eigenvalue weighted by Gasteiger charge is 2.29. The van der Waals surface area contributed by atoms with Gasteiger partial charge < -0.3 is 18.7 Å². The number of rotatable bonds is 4. The van der Waals surface area contributed by atoms with Crippen molar-refractivity contribution in [2.24, 2.45) is 0 Å². The van der Waals surface area contributed by atoms with Gasteiger partial charge in [-0.05, 0) is 58.2 Å². The number of carbonyl (C=O) groups is 1. The third kappa shape index (κ3) is 5.57. The van der Waals surface area contributed by atoms with Crippen molar-refractivity contribution in [2.75, 3.05) is 31.1 Å². The van der Waals surface area contributed by atoms with Gasteiger partial charge in [0.05, 0.1) is 0 Å². The minimum absolute atomic E-state index is 0.0436. The number of halogens is 1. The SMILES string of the molecule is C#CCc1c(C)c(OS(=O)(=O)F)c(C)c(N2CCN(C(=O)OC(C)(C)C)CC2)c1C. The van der Waals surface area contributed by atoms with Crippen molar-refractivity contribution in [1.82, 2.24) is 4.90 Å². The first-order valence-electron chi connectivity index (χ1n) is 9.68. The second kappa shape index (κ2) is 8.72. The van der Waals surface area contributed by atoms with Gasteiger partial charge in [0.2, 0.25) is 0 Å². The summed E-state index contributed by atoms with van der Waals surface area (Å²) in [5.41, 5.74) is 2.79. The molecule has 2 rings (SSSR count). The average Bonchev–Trinajstić information content (AvgIpc) is 2.61. The molecule has 1 aromatic rings. The van der Waals surface area contributed by atoms with Crippen LogP contribution >= 0.6 is 0 Å². The van der Waals surface area contributed by atoms with Crippen LogP contribution in [-0.4, -0.2) is 51.2 Å². The quantitative estimate of drug-likeness (QED) is 0.527. The van der Waals surface area contributed by atoms with Crippen LogP contribution in [0.25, 0.3) is 0 Å². The van der Waals surface area contributed by atoms with Gasteiger partial charge in [0.25, 0.3) is 0 Å². The van der Waals surface area contributed by atoms with E-state index in [9.17, 15) is 17.1 Å². The van der Waals surface area contributed by atoms with Crippen molar-refractivity contribution in [2.45, 2.75) is 53.6 Å². The zero-order chi connectivity index (χ0) is 22.9. The number of hydrogen-bond donors (Lipinski definition) is 0. The number of piperazine rings is 1. The lowest BCUT2D eigenvalue weighted by Crippen LogP contribution is -2.50. The number of terminal acetylenes is 1. The molecule has 1 amide bonds. The molecular formula is C21H29FN2O5S. The summed E-state index contributed by atoms with van der Waals surface area (Å²) in [6.45, 7) is 12.6. The van der Waals surface area contributed by atoms with Crippen molar-refractivity contribution in [1.29, 1.82) is 0 Å². The molecular weight excluding hydrogens is 411 g/mol. The Morgan fingerprint density at radius 3 is 2.13 bits per heavy atom. The van der Waals surface area contributed by atoms with Gasteiger partial charge in [-0.1, -0.05) is 3.89 Å². The van der Waals surface area contributed by atoms with Gasteiger partial charge in [-0.2, -0.15) is 8.42 Å². The fourth-order valence-electron chi connectivity index (χ4n) is 3.74. The first kappa shape index (κ1) is 23.8. The van der Waals surface area contributed by atoms with E-state index in [2.05, 4.69) is 10.1 Å². The zero-order valence-corrected chi connectivity index (χ0v) is 19.2. The first-order chi connectivity index (χ1) is 13.7. The predicted molar refractivity (Wildman–Crippen MR) is 114 cm³/mol. The molecule has 7 nitrogen and oxygen atoms in total. The summed E-state index contributed by atoms with van der Waals surface area (Å²) in [5.74, 6) is 2.52. The third-order valence-corrected chi connectivity index (χ3v) is 5.37. The molecule has 166 valence electrons. The molecule has 0 N–H and O–H groups in total. The molecule has 1 saturated heterocycles. The highest BCUT2D eigenvalue weighted by molar-refractivity contribution is 7.81. The van der Waals surface area contributed by atoms with Gasteiger partial charge in [-0.25, -0.2) is 4.79 Å². The lowest BCUT2D eigenvalue weighted by Gasteiger charge is -2.38. The summed E-state index contributed by atoms with van der Waals surface area (Å²) < 4.78 is 45.8. The third-order valence-electron chi connectivity index (χ3n) is 5.01. The molecule has 0 radical (unpaired) electrons. The fraction of sp³-hybridized carbons (Fsp3) is 0.571. The van der Waals surface area contributed by atoms with E-state index in [0.29, 0.717) is 37.3 Å². The Bertz CT molecular complexity index is 969. The van der Waals surface area contributed by atoms with Crippen LogP contribution in [0.2, 0.25) is 0 Å². The highest BCUT2D eigenvalue weighted by Crippen LogP contribution is 2.40. The van der Waals surface area contributed by atoms with E-state index >= 15 is 0 Å². The van der Waals surface area contributed by atoms with Crippen LogP contribution in [0.4, 0.5) is 14.4 Å². The Balaban J connectivity index is 2.38. The monoisotopic (exact) mass is 440 g/mol. The molecule has 0 aromatic heterocycles. The average molecular weight is 441 g/mol. The van der Waals surface area contributed by atoms with E-state index in [4.69, 9.17) is 11.2 Å². The maximum absolute atomic E-state index is 13.3. The first-order valence-corrected chi connectivity index (χ1v) is 11.0. The van der Waals surface area contributed by atoms with E-state index in [1.54, 1.807) is 18.7 Å². The summed E-state index contributed by atoms with van der Waals surface area (Å²) >= 11 is 0. The van der Waals surface area contributed by atoms with Gasteiger partial charge in [0.15, 0.2) is 5.75 Å². The minimum atomic E-state index is -5.19. The van der Waals surface area contributed by atoms with E-state index in [0.717, 1.165) is 16.8 Å². The molecule has 30 heavy (non-hydrogen) atoms. The molecule has 0 unspecified atom stereocenters. The summed E-state index contributed by atoms with van der Waals surface area (Å²) in [6, 6.07) is 0. The van der Waals surface area contributed by atoms with E-state index < -0.39 is 16.1 Å². The van der Waals surface area contributed by atoms with Crippen LogP contribution < -0.4 is 9.08 Å². The van der Waals surface area contributed by atoms with Crippen LogP contribution in [0.1, 0.15) is 43.0 Å². The van der Waals surface area contributed by atoms with Gasteiger partial charge >= 0.3 is 16.6 Å². The molecule has 0 saturated carbocycles. The maximum Gasteiger partial charge on any atom is 0.488 e. The Labute approximate surface area is 178 Å².